The first-order chi connectivity index (χ1) is 6.74. The summed E-state index contributed by atoms with van der Waals surface area (Å²) in [5.74, 6) is -0.475. The minimum Gasteiger partial charge on any atom is -0.465 e. The lowest BCUT2D eigenvalue weighted by molar-refractivity contribution is -0.161. The van der Waals surface area contributed by atoms with E-state index in [4.69, 9.17) is 4.74 Å². The van der Waals surface area contributed by atoms with Gasteiger partial charge in [-0.15, -0.1) is 0 Å². The molecule has 0 fully saturated rings. The SMILES string of the molecule is CCOC(=O)C(C#N)(C(C)C)C(C)(C)C. The first kappa shape index (κ1) is 14.0. The zero-order chi connectivity index (χ0) is 12.3. The first-order valence-electron chi connectivity index (χ1n) is 5.32. The molecular formula is C12H21NO2. The quantitative estimate of drug-likeness (QED) is 0.674. The van der Waals surface area contributed by atoms with Gasteiger partial charge in [0.1, 0.15) is 0 Å². The van der Waals surface area contributed by atoms with E-state index in [1.807, 2.05) is 34.6 Å². The molecule has 0 aromatic carbocycles. The highest BCUT2D eigenvalue weighted by Gasteiger charge is 2.52. The van der Waals surface area contributed by atoms with Crippen molar-refractivity contribution in [2.24, 2.45) is 16.7 Å². The highest BCUT2D eigenvalue weighted by Crippen LogP contribution is 2.45. The predicted octanol–water partition coefficient (Wildman–Crippen LogP) is 2.76. The summed E-state index contributed by atoms with van der Waals surface area (Å²) in [5, 5.41) is 9.33. The van der Waals surface area contributed by atoms with Crippen LogP contribution in [0.25, 0.3) is 0 Å². The second kappa shape index (κ2) is 4.65. The van der Waals surface area contributed by atoms with Crippen molar-refractivity contribution < 1.29 is 9.53 Å². The van der Waals surface area contributed by atoms with Crippen LogP contribution in [0.3, 0.4) is 0 Å². The molecule has 1 unspecified atom stereocenters. The van der Waals surface area contributed by atoms with Crippen molar-refractivity contribution in [1.29, 1.82) is 5.26 Å². The van der Waals surface area contributed by atoms with Crippen molar-refractivity contribution in [2.75, 3.05) is 6.61 Å². The van der Waals surface area contributed by atoms with Gasteiger partial charge in [0.2, 0.25) is 0 Å². The Labute approximate surface area is 92.4 Å². The van der Waals surface area contributed by atoms with Crippen molar-refractivity contribution in [2.45, 2.75) is 41.5 Å². The molecule has 0 saturated carbocycles. The Kier molecular flexibility index (Phi) is 4.33. The molecule has 3 nitrogen and oxygen atoms in total. The molecule has 0 N–H and O–H groups in total. The number of hydrogen-bond donors (Lipinski definition) is 0. The van der Waals surface area contributed by atoms with Crippen molar-refractivity contribution >= 4 is 5.97 Å². The number of carbonyl (C=O) groups excluding carboxylic acids is 1. The predicted molar refractivity (Wildman–Crippen MR) is 59.0 cm³/mol. The molecule has 0 rings (SSSR count). The van der Waals surface area contributed by atoms with Crippen LogP contribution in [-0.4, -0.2) is 12.6 Å². The highest BCUT2D eigenvalue weighted by molar-refractivity contribution is 5.81. The average Bonchev–Trinajstić information content (AvgIpc) is 2.02. The number of nitrogens with zero attached hydrogens (tertiary/aromatic N) is 1. The number of nitriles is 1. The monoisotopic (exact) mass is 211 g/mol. The Hall–Kier alpha value is -1.04. The molecule has 0 amide bonds. The van der Waals surface area contributed by atoms with E-state index in [0.29, 0.717) is 6.61 Å². The molecule has 0 bridgehead atoms. The van der Waals surface area contributed by atoms with Gasteiger partial charge in [-0.25, -0.2) is 0 Å². The van der Waals surface area contributed by atoms with Gasteiger partial charge in [0, 0.05) is 0 Å². The molecule has 0 aliphatic rings. The van der Waals surface area contributed by atoms with Gasteiger partial charge >= 0.3 is 5.97 Å². The summed E-state index contributed by atoms with van der Waals surface area (Å²) in [6, 6.07) is 2.16. The number of carbonyl (C=O) groups is 1. The molecule has 0 aliphatic carbocycles. The number of ether oxygens (including phenoxy) is 1. The topological polar surface area (TPSA) is 50.1 Å². The molecule has 86 valence electrons. The van der Waals surface area contributed by atoms with Crippen LogP contribution in [-0.2, 0) is 9.53 Å². The third-order valence-corrected chi connectivity index (χ3v) is 2.82. The first-order valence-corrected chi connectivity index (χ1v) is 5.32. The van der Waals surface area contributed by atoms with Crippen LogP contribution in [0.1, 0.15) is 41.5 Å². The molecule has 15 heavy (non-hydrogen) atoms. The zero-order valence-corrected chi connectivity index (χ0v) is 10.5. The second-order valence-corrected chi connectivity index (χ2v) is 5.04. The smallest absolute Gasteiger partial charge is 0.327 e. The Morgan fingerprint density at radius 1 is 1.40 bits per heavy atom. The minimum absolute atomic E-state index is 0.0680. The maximum absolute atomic E-state index is 11.9. The summed E-state index contributed by atoms with van der Waals surface area (Å²) in [5.41, 5.74) is -1.49. The summed E-state index contributed by atoms with van der Waals surface area (Å²) >= 11 is 0. The molecule has 0 aromatic rings. The Morgan fingerprint density at radius 2 is 1.87 bits per heavy atom. The lowest BCUT2D eigenvalue weighted by atomic mass is 9.61. The average molecular weight is 211 g/mol. The lowest BCUT2D eigenvalue weighted by Gasteiger charge is -2.39. The standard InChI is InChI=1S/C12H21NO2/c1-7-15-10(14)12(8-13,9(2)3)11(4,5)6/h9H,7H2,1-6H3. The van der Waals surface area contributed by atoms with Crippen molar-refractivity contribution in [3.8, 4) is 6.07 Å². The zero-order valence-electron chi connectivity index (χ0n) is 10.5. The highest BCUT2D eigenvalue weighted by atomic mass is 16.5. The van der Waals surface area contributed by atoms with Gasteiger partial charge < -0.3 is 4.74 Å². The Morgan fingerprint density at radius 3 is 2.07 bits per heavy atom. The molecule has 0 aromatic heterocycles. The van der Waals surface area contributed by atoms with E-state index in [1.165, 1.54) is 0 Å². The molecule has 3 heteroatoms. The summed E-state index contributed by atoms with van der Waals surface area (Å²) < 4.78 is 5.02. The number of esters is 1. The normalized spacial score (nSPS) is 15.6. The van der Waals surface area contributed by atoms with Crippen LogP contribution >= 0.6 is 0 Å². The van der Waals surface area contributed by atoms with E-state index in [1.54, 1.807) is 6.92 Å². The van der Waals surface area contributed by atoms with Gasteiger partial charge in [-0.1, -0.05) is 34.6 Å². The molecule has 0 radical (unpaired) electrons. The largest absolute Gasteiger partial charge is 0.465 e. The fourth-order valence-corrected chi connectivity index (χ4v) is 2.00. The molecule has 0 aliphatic heterocycles. The molecule has 0 saturated heterocycles. The molecule has 0 heterocycles. The van der Waals surface area contributed by atoms with Crippen molar-refractivity contribution in [1.82, 2.24) is 0 Å². The maximum Gasteiger partial charge on any atom is 0.327 e. The van der Waals surface area contributed by atoms with Gasteiger partial charge in [0.05, 0.1) is 12.7 Å². The van der Waals surface area contributed by atoms with E-state index in [2.05, 4.69) is 6.07 Å². The maximum atomic E-state index is 11.9. The van der Waals surface area contributed by atoms with E-state index in [9.17, 15) is 10.1 Å². The van der Waals surface area contributed by atoms with Crippen LogP contribution in [0.2, 0.25) is 0 Å². The Bertz CT molecular complexity index is 270. The Balaban J connectivity index is 5.39. The third kappa shape index (κ3) is 2.31. The van der Waals surface area contributed by atoms with Gasteiger partial charge in [-0.2, -0.15) is 5.26 Å². The summed E-state index contributed by atoms with van der Waals surface area (Å²) in [6.07, 6.45) is 0. The fraction of sp³-hybridized carbons (Fsp3) is 0.833. The minimum atomic E-state index is -1.07. The van der Waals surface area contributed by atoms with E-state index in [-0.39, 0.29) is 5.92 Å². The number of hydrogen-bond acceptors (Lipinski definition) is 3. The summed E-state index contributed by atoms with van der Waals surface area (Å²) in [4.78, 5) is 11.9. The van der Waals surface area contributed by atoms with Gasteiger partial charge in [-0.3, -0.25) is 4.79 Å². The third-order valence-electron chi connectivity index (χ3n) is 2.82. The van der Waals surface area contributed by atoms with Crippen molar-refractivity contribution in [3.63, 3.8) is 0 Å². The second-order valence-electron chi connectivity index (χ2n) is 5.04. The lowest BCUT2D eigenvalue weighted by Crippen LogP contribution is -2.47. The number of rotatable bonds is 3. The van der Waals surface area contributed by atoms with Crippen LogP contribution in [0.5, 0.6) is 0 Å². The van der Waals surface area contributed by atoms with E-state index in [0.717, 1.165) is 0 Å². The molecule has 1 atom stereocenters. The van der Waals surface area contributed by atoms with Crippen LogP contribution in [0.15, 0.2) is 0 Å². The van der Waals surface area contributed by atoms with E-state index < -0.39 is 16.8 Å². The van der Waals surface area contributed by atoms with Crippen LogP contribution < -0.4 is 0 Å². The fourth-order valence-electron chi connectivity index (χ4n) is 2.00. The molecular weight excluding hydrogens is 190 g/mol. The summed E-state index contributed by atoms with van der Waals surface area (Å²) in [6.45, 7) is 11.5. The van der Waals surface area contributed by atoms with Crippen LogP contribution in [0, 0.1) is 28.1 Å². The molecule has 0 spiro atoms. The van der Waals surface area contributed by atoms with Crippen molar-refractivity contribution in [3.05, 3.63) is 0 Å². The summed E-state index contributed by atoms with van der Waals surface area (Å²) in [7, 11) is 0. The van der Waals surface area contributed by atoms with E-state index >= 15 is 0 Å². The van der Waals surface area contributed by atoms with Gasteiger partial charge in [0.15, 0.2) is 5.41 Å². The van der Waals surface area contributed by atoms with Gasteiger partial charge in [0.25, 0.3) is 0 Å². The van der Waals surface area contributed by atoms with Crippen LogP contribution in [0.4, 0.5) is 0 Å². The van der Waals surface area contributed by atoms with Gasteiger partial charge in [-0.05, 0) is 18.3 Å².